The molecule has 1 fully saturated rings. The number of hydrogen-bond donors (Lipinski definition) is 0. The summed E-state index contributed by atoms with van der Waals surface area (Å²) in [5.74, 6) is -0.757. The van der Waals surface area contributed by atoms with Crippen LogP contribution in [0.2, 0.25) is 0 Å². The van der Waals surface area contributed by atoms with Crippen LogP contribution in [-0.2, 0) is 4.74 Å². The average Bonchev–Trinajstić information content (AvgIpc) is 2.08. The zero-order chi connectivity index (χ0) is 9.97. The molecule has 0 spiro atoms. The second kappa shape index (κ2) is 3.92. The van der Waals surface area contributed by atoms with Gasteiger partial charge in [-0.25, -0.2) is 8.78 Å². The van der Waals surface area contributed by atoms with E-state index in [0.717, 1.165) is 18.2 Å². The Hall–Kier alpha value is -1.16. The van der Waals surface area contributed by atoms with Crippen molar-refractivity contribution in [3.8, 4) is 5.75 Å². The van der Waals surface area contributed by atoms with Crippen LogP contribution < -0.4 is 4.74 Å². The Morgan fingerprint density at radius 2 is 2.14 bits per heavy atom. The first kappa shape index (κ1) is 9.40. The molecule has 1 heterocycles. The Balaban J connectivity index is 1.96. The van der Waals surface area contributed by atoms with Crippen molar-refractivity contribution >= 4 is 0 Å². The summed E-state index contributed by atoms with van der Waals surface area (Å²) < 4.78 is 35.8. The Kier molecular flexibility index (Phi) is 2.63. The molecule has 2 rings (SSSR count). The number of hydrogen-bond acceptors (Lipinski definition) is 2. The van der Waals surface area contributed by atoms with Crippen molar-refractivity contribution in [3.05, 3.63) is 29.8 Å². The van der Waals surface area contributed by atoms with E-state index in [4.69, 9.17) is 9.47 Å². The first-order chi connectivity index (χ1) is 6.75. The van der Waals surface area contributed by atoms with E-state index in [1.165, 1.54) is 0 Å². The number of halogens is 2. The maximum Gasteiger partial charge on any atom is 0.165 e. The molecule has 0 amide bonds. The van der Waals surface area contributed by atoms with Crippen molar-refractivity contribution in [2.75, 3.05) is 19.8 Å². The minimum Gasteiger partial charge on any atom is -0.490 e. The first-order valence-electron chi connectivity index (χ1n) is 4.41. The van der Waals surface area contributed by atoms with Crippen molar-refractivity contribution < 1.29 is 18.3 Å². The molecule has 0 bridgehead atoms. The van der Waals surface area contributed by atoms with Crippen LogP contribution in [0.25, 0.3) is 0 Å². The van der Waals surface area contributed by atoms with Crippen LogP contribution in [0, 0.1) is 17.6 Å². The molecule has 0 N–H and O–H groups in total. The normalized spacial score (nSPS) is 16.4. The minimum atomic E-state index is -0.536. The van der Waals surface area contributed by atoms with Crippen molar-refractivity contribution in [2.24, 2.45) is 5.92 Å². The van der Waals surface area contributed by atoms with E-state index in [1.54, 1.807) is 0 Å². The van der Waals surface area contributed by atoms with Gasteiger partial charge in [-0.05, 0) is 12.1 Å². The molecule has 0 radical (unpaired) electrons. The summed E-state index contributed by atoms with van der Waals surface area (Å²) in [4.78, 5) is 0. The predicted molar refractivity (Wildman–Crippen MR) is 46.2 cm³/mol. The summed E-state index contributed by atoms with van der Waals surface area (Å²) in [6.07, 6.45) is 0. The van der Waals surface area contributed by atoms with E-state index >= 15 is 0 Å². The summed E-state index contributed by atoms with van der Waals surface area (Å²) in [5.41, 5.74) is 0. The highest BCUT2D eigenvalue weighted by Crippen LogP contribution is 2.20. The molecule has 76 valence electrons. The third kappa shape index (κ3) is 2.01. The van der Waals surface area contributed by atoms with Crippen molar-refractivity contribution in [1.29, 1.82) is 0 Å². The van der Waals surface area contributed by atoms with Gasteiger partial charge in [0.05, 0.1) is 19.8 Å². The number of benzene rings is 1. The van der Waals surface area contributed by atoms with Gasteiger partial charge in [0.2, 0.25) is 0 Å². The lowest BCUT2D eigenvalue weighted by atomic mass is 10.1. The number of ether oxygens (including phenoxy) is 2. The lowest BCUT2D eigenvalue weighted by Crippen LogP contribution is -2.32. The molecule has 0 atom stereocenters. The van der Waals surface area contributed by atoms with Gasteiger partial charge >= 0.3 is 0 Å². The van der Waals surface area contributed by atoms with Crippen LogP contribution in [-0.4, -0.2) is 19.8 Å². The van der Waals surface area contributed by atoms with Gasteiger partial charge in [0.25, 0.3) is 0 Å². The minimum absolute atomic E-state index is 0.0306. The summed E-state index contributed by atoms with van der Waals surface area (Å²) in [6.45, 7) is 1.65. The fraction of sp³-hybridized carbons (Fsp3) is 0.400. The zero-order valence-electron chi connectivity index (χ0n) is 7.50. The van der Waals surface area contributed by atoms with E-state index in [0.29, 0.717) is 25.7 Å². The molecule has 14 heavy (non-hydrogen) atoms. The molecule has 1 aromatic rings. The second-order valence-corrected chi connectivity index (χ2v) is 3.29. The molecule has 4 heteroatoms. The molecule has 1 saturated heterocycles. The SMILES string of the molecule is Fc1ccc(F)c(OCC2COC2)c1. The van der Waals surface area contributed by atoms with Gasteiger partial charge in [0, 0.05) is 12.0 Å². The molecular formula is C10H10F2O2. The van der Waals surface area contributed by atoms with E-state index in [-0.39, 0.29) is 5.75 Å². The Bertz CT molecular complexity index is 324. The van der Waals surface area contributed by atoms with E-state index in [9.17, 15) is 8.78 Å². The van der Waals surface area contributed by atoms with Gasteiger partial charge in [-0.3, -0.25) is 0 Å². The first-order valence-corrected chi connectivity index (χ1v) is 4.41. The monoisotopic (exact) mass is 200 g/mol. The van der Waals surface area contributed by atoms with E-state index in [1.807, 2.05) is 0 Å². The Morgan fingerprint density at radius 3 is 2.79 bits per heavy atom. The molecular weight excluding hydrogens is 190 g/mol. The van der Waals surface area contributed by atoms with Crippen LogP contribution in [0.5, 0.6) is 5.75 Å². The van der Waals surface area contributed by atoms with E-state index in [2.05, 4.69) is 0 Å². The van der Waals surface area contributed by atoms with Crippen LogP contribution in [0.3, 0.4) is 0 Å². The molecule has 1 aliphatic rings. The fourth-order valence-electron chi connectivity index (χ4n) is 1.18. The van der Waals surface area contributed by atoms with E-state index < -0.39 is 11.6 Å². The summed E-state index contributed by atoms with van der Waals surface area (Å²) in [6, 6.07) is 3.17. The molecule has 2 nitrogen and oxygen atoms in total. The molecule has 0 saturated carbocycles. The zero-order valence-corrected chi connectivity index (χ0v) is 7.50. The molecule has 0 aliphatic carbocycles. The van der Waals surface area contributed by atoms with Crippen molar-refractivity contribution in [3.63, 3.8) is 0 Å². The summed E-state index contributed by atoms with van der Waals surface area (Å²) in [5, 5.41) is 0. The fourth-order valence-corrected chi connectivity index (χ4v) is 1.18. The summed E-state index contributed by atoms with van der Waals surface area (Å²) in [7, 11) is 0. The van der Waals surface area contributed by atoms with Gasteiger partial charge in [0.1, 0.15) is 5.82 Å². The largest absolute Gasteiger partial charge is 0.490 e. The Labute approximate surface area is 80.4 Å². The third-order valence-corrected chi connectivity index (χ3v) is 2.07. The van der Waals surface area contributed by atoms with Crippen LogP contribution in [0.1, 0.15) is 0 Å². The highest BCUT2D eigenvalue weighted by atomic mass is 19.1. The molecule has 1 aromatic carbocycles. The van der Waals surface area contributed by atoms with Gasteiger partial charge in [-0.1, -0.05) is 0 Å². The maximum absolute atomic E-state index is 13.0. The van der Waals surface area contributed by atoms with Crippen LogP contribution in [0.15, 0.2) is 18.2 Å². The molecule has 0 aromatic heterocycles. The van der Waals surface area contributed by atoms with Crippen molar-refractivity contribution in [1.82, 2.24) is 0 Å². The van der Waals surface area contributed by atoms with Gasteiger partial charge < -0.3 is 9.47 Å². The highest BCUT2D eigenvalue weighted by Gasteiger charge is 2.19. The number of rotatable bonds is 3. The maximum atomic E-state index is 13.0. The second-order valence-electron chi connectivity index (χ2n) is 3.29. The predicted octanol–water partition coefficient (Wildman–Crippen LogP) is 1.99. The average molecular weight is 200 g/mol. The van der Waals surface area contributed by atoms with Crippen molar-refractivity contribution in [2.45, 2.75) is 0 Å². The third-order valence-electron chi connectivity index (χ3n) is 2.07. The van der Waals surface area contributed by atoms with Crippen LogP contribution in [0.4, 0.5) is 8.78 Å². The quantitative estimate of drug-likeness (QED) is 0.742. The topological polar surface area (TPSA) is 18.5 Å². The molecule has 1 aliphatic heterocycles. The highest BCUT2D eigenvalue weighted by molar-refractivity contribution is 5.24. The van der Waals surface area contributed by atoms with Gasteiger partial charge in [0.15, 0.2) is 11.6 Å². The molecule has 0 unspecified atom stereocenters. The van der Waals surface area contributed by atoms with Gasteiger partial charge in [-0.15, -0.1) is 0 Å². The summed E-state index contributed by atoms with van der Waals surface area (Å²) >= 11 is 0. The Morgan fingerprint density at radius 1 is 1.36 bits per heavy atom. The lowest BCUT2D eigenvalue weighted by molar-refractivity contribution is -0.0513. The lowest BCUT2D eigenvalue weighted by Gasteiger charge is -2.25. The smallest absolute Gasteiger partial charge is 0.165 e. The standard InChI is InChI=1S/C10H10F2O2/c11-8-1-2-9(12)10(3-8)14-6-7-4-13-5-7/h1-3,7H,4-6H2. The van der Waals surface area contributed by atoms with Gasteiger partial charge in [-0.2, -0.15) is 0 Å². The van der Waals surface area contributed by atoms with Crippen LogP contribution >= 0.6 is 0 Å².